The molecule has 0 unspecified atom stereocenters. The normalized spacial score (nSPS) is 10.1. The molecule has 0 fully saturated rings. The van der Waals surface area contributed by atoms with Crippen molar-refractivity contribution in [3.05, 3.63) is 64.4 Å². The summed E-state index contributed by atoms with van der Waals surface area (Å²) in [6, 6.07) is 9.89. The van der Waals surface area contributed by atoms with E-state index in [2.05, 4.69) is 10.3 Å². The standard InChI is InChI=1S/C14H11ClN2O3/c15-11-4-2-1-3-9(11)7-17-13(18)10-5-6-12(14(19)20)16-8-10/h1-6,8H,7H2,(H,17,18)(H,19,20). The monoisotopic (exact) mass is 290 g/mol. The molecule has 20 heavy (non-hydrogen) atoms. The van der Waals surface area contributed by atoms with Gasteiger partial charge in [-0.2, -0.15) is 0 Å². The van der Waals surface area contributed by atoms with Gasteiger partial charge in [-0.05, 0) is 23.8 Å². The number of halogens is 1. The molecule has 0 aliphatic carbocycles. The Bertz CT molecular complexity index is 641. The summed E-state index contributed by atoms with van der Waals surface area (Å²) < 4.78 is 0. The van der Waals surface area contributed by atoms with Gasteiger partial charge in [-0.15, -0.1) is 0 Å². The number of benzene rings is 1. The second kappa shape index (κ2) is 6.16. The van der Waals surface area contributed by atoms with E-state index in [1.54, 1.807) is 6.07 Å². The van der Waals surface area contributed by atoms with Crippen LogP contribution in [0.5, 0.6) is 0 Å². The lowest BCUT2D eigenvalue weighted by Gasteiger charge is -2.06. The Hall–Kier alpha value is -2.40. The third kappa shape index (κ3) is 3.33. The highest BCUT2D eigenvalue weighted by Crippen LogP contribution is 2.14. The van der Waals surface area contributed by atoms with E-state index in [9.17, 15) is 9.59 Å². The van der Waals surface area contributed by atoms with Crippen molar-refractivity contribution >= 4 is 23.5 Å². The first kappa shape index (κ1) is 14.0. The molecule has 1 amide bonds. The van der Waals surface area contributed by atoms with Gasteiger partial charge in [-0.1, -0.05) is 29.8 Å². The van der Waals surface area contributed by atoms with Gasteiger partial charge in [0.25, 0.3) is 5.91 Å². The molecule has 1 aromatic heterocycles. The van der Waals surface area contributed by atoms with Gasteiger partial charge >= 0.3 is 5.97 Å². The molecule has 1 aromatic carbocycles. The zero-order valence-electron chi connectivity index (χ0n) is 10.3. The highest BCUT2D eigenvalue weighted by molar-refractivity contribution is 6.31. The summed E-state index contributed by atoms with van der Waals surface area (Å²) in [5.41, 5.74) is 0.993. The second-order valence-corrected chi connectivity index (χ2v) is 4.42. The smallest absolute Gasteiger partial charge is 0.354 e. The molecule has 0 bridgehead atoms. The average molecular weight is 291 g/mol. The molecule has 6 heteroatoms. The molecule has 1 heterocycles. The molecule has 0 aliphatic rings. The number of nitrogens with zero attached hydrogens (tertiary/aromatic N) is 1. The molecule has 0 spiro atoms. The SMILES string of the molecule is O=C(NCc1ccccc1Cl)c1ccc(C(=O)O)nc1. The zero-order valence-corrected chi connectivity index (χ0v) is 11.1. The maximum Gasteiger partial charge on any atom is 0.354 e. The summed E-state index contributed by atoms with van der Waals surface area (Å²) in [5.74, 6) is -1.47. The largest absolute Gasteiger partial charge is 0.477 e. The summed E-state index contributed by atoms with van der Waals surface area (Å²) >= 11 is 5.98. The van der Waals surface area contributed by atoms with Crippen LogP contribution >= 0.6 is 11.6 Å². The highest BCUT2D eigenvalue weighted by atomic mass is 35.5. The van der Waals surface area contributed by atoms with Crippen LogP contribution in [0, 0.1) is 0 Å². The van der Waals surface area contributed by atoms with Gasteiger partial charge in [0.2, 0.25) is 0 Å². The van der Waals surface area contributed by atoms with Gasteiger partial charge < -0.3 is 10.4 Å². The van der Waals surface area contributed by atoms with E-state index in [0.29, 0.717) is 17.1 Å². The minimum absolute atomic E-state index is 0.104. The first-order chi connectivity index (χ1) is 9.58. The lowest BCUT2D eigenvalue weighted by molar-refractivity contribution is 0.0689. The van der Waals surface area contributed by atoms with Crippen LogP contribution in [-0.2, 0) is 6.54 Å². The van der Waals surface area contributed by atoms with E-state index >= 15 is 0 Å². The summed E-state index contributed by atoms with van der Waals surface area (Å²) in [6.07, 6.45) is 1.23. The first-order valence-electron chi connectivity index (χ1n) is 5.79. The van der Waals surface area contributed by atoms with E-state index in [1.807, 2.05) is 18.2 Å². The fraction of sp³-hybridized carbons (Fsp3) is 0.0714. The quantitative estimate of drug-likeness (QED) is 0.906. The van der Waals surface area contributed by atoms with Crippen LogP contribution in [0.3, 0.4) is 0 Å². The first-order valence-corrected chi connectivity index (χ1v) is 6.16. The molecule has 0 aliphatic heterocycles. The average Bonchev–Trinajstić information content (AvgIpc) is 2.46. The van der Waals surface area contributed by atoms with Crippen molar-refractivity contribution in [2.45, 2.75) is 6.54 Å². The van der Waals surface area contributed by atoms with Crippen molar-refractivity contribution in [2.24, 2.45) is 0 Å². The predicted octanol–water partition coefficient (Wildman–Crippen LogP) is 2.36. The predicted molar refractivity (Wildman–Crippen MR) is 73.8 cm³/mol. The molecule has 0 atom stereocenters. The van der Waals surface area contributed by atoms with Crippen molar-refractivity contribution in [3.63, 3.8) is 0 Å². The number of carboxylic acids is 1. The zero-order chi connectivity index (χ0) is 14.5. The van der Waals surface area contributed by atoms with Gasteiger partial charge in [0.05, 0.1) is 5.56 Å². The van der Waals surface area contributed by atoms with Crippen LogP contribution in [0.15, 0.2) is 42.6 Å². The lowest BCUT2D eigenvalue weighted by atomic mass is 10.2. The molecule has 2 aromatic rings. The van der Waals surface area contributed by atoms with E-state index < -0.39 is 5.97 Å². The topological polar surface area (TPSA) is 79.3 Å². The van der Waals surface area contributed by atoms with Crippen LogP contribution in [0.2, 0.25) is 5.02 Å². The third-order valence-corrected chi connectivity index (χ3v) is 3.01. The Morgan fingerprint density at radius 2 is 1.95 bits per heavy atom. The van der Waals surface area contributed by atoms with Crippen LogP contribution in [0.1, 0.15) is 26.4 Å². The van der Waals surface area contributed by atoms with Crippen molar-refractivity contribution in [3.8, 4) is 0 Å². The molecular weight excluding hydrogens is 280 g/mol. The number of carbonyl (C=O) groups is 2. The summed E-state index contributed by atoms with van der Waals surface area (Å²) in [5, 5.41) is 12.0. The molecule has 0 saturated heterocycles. The maximum absolute atomic E-state index is 11.9. The number of hydrogen-bond donors (Lipinski definition) is 2. The van der Waals surface area contributed by atoms with Gasteiger partial charge in [0.15, 0.2) is 0 Å². The summed E-state index contributed by atoms with van der Waals surface area (Å²) in [7, 11) is 0. The number of hydrogen-bond acceptors (Lipinski definition) is 3. The van der Waals surface area contributed by atoms with Crippen molar-refractivity contribution in [1.29, 1.82) is 0 Å². The third-order valence-electron chi connectivity index (χ3n) is 2.64. The molecule has 5 nitrogen and oxygen atoms in total. The number of pyridine rings is 1. The Balaban J connectivity index is 2.02. The number of carboxylic acid groups (broad SMARTS) is 1. The number of carbonyl (C=O) groups excluding carboxylic acids is 1. The lowest BCUT2D eigenvalue weighted by Crippen LogP contribution is -2.23. The minimum atomic E-state index is -1.13. The second-order valence-electron chi connectivity index (χ2n) is 4.01. The fourth-order valence-corrected chi connectivity index (χ4v) is 1.78. The van der Waals surface area contributed by atoms with Crippen LogP contribution in [-0.4, -0.2) is 22.0 Å². The Labute approximate surface area is 120 Å². The van der Waals surface area contributed by atoms with E-state index in [0.717, 1.165) is 5.56 Å². The summed E-state index contributed by atoms with van der Waals surface area (Å²) in [6.45, 7) is 0.291. The molecule has 2 rings (SSSR count). The van der Waals surface area contributed by atoms with Gasteiger partial charge in [0, 0.05) is 17.8 Å². The minimum Gasteiger partial charge on any atom is -0.477 e. The van der Waals surface area contributed by atoms with Gasteiger partial charge in [-0.25, -0.2) is 9.78 Å². The number of aromatic nitrogens is 1. The maximum atomic E-state index is 11.9. The van der Waals surface area contributed by atoms with Gasteiger partial charge in [0.1, 0.15) is 5.69 Å². The number of nitrogens with one attached hydrogen (secondary N) is 1. The molecule has 102 valence electrons. The van der Waals surface area contributed by atoms with Crippen LogP contribution in [0.25, 0.3) is 0 Å². The molecule has 0 saturated carbocycles. The number of amides is 1. The van der Waals surface area contributed by atoms with Gasteiger partial charge in [-0.3, -0.25) is 4.79 Å². The van der Waals surface area contributed by atoms with E-state index in [-0.39, 0.29) is 11.6 Å². The van der Waals surface area contributed by atoms with Crippen LogP contribution < -0.4 is 5.32 Å². The highest BCUT2D eigenvalue weighted by Gasteiger charge is 2.09. The van der Waals surface area contributed by atoms with Crippen molar-refractivity contribution < 1.29 is 14.7 Å². The molecular formula is C14H11ClN2O3. The Morgan fingerprint density at radius 3 is 2.55 bits per heavy atom. The van der Waals surface area contributed by atoms with Crippen LogP contribution in [0.4, 0.5) is 0 Å². The summed E-state index contributed by atoms with van der Waals surface area (Å²) in [4.78, 5) is 26.2. The fourth-order valence-electron chi connectivity index (χ4n) is 1.57. The van der Waals surface area contributed by atoms with E-state index in [4.69, 9.17) is 16.7 Å². The molecule has 0 radical (unpaired) electrons. The Morgan fingerprint density at radius 1 is 1.20 bits per heavy atom. The molecule has 2 N–H and O–H groups in total. The van der Waals surface area contributed by atoms with E-state index in [1.165, 1.54) is 18.3 Å². The van der Waals surface area contributed by atoms with Crippen molar-refractivity contribution in [1.82, 2.24) is 10.3 Å². The number of aromatic carboxylic acids is 1. The van der Waals surface area contributed by atoms with Crippen molar-refractivity contribution in [2.75, 3.05) is 0 Å². The number of rotatable bonds is 4. The Kier molecular flexibility index (Phi) is 4.32.